The third-order valence-electron chi connectivity index (χ3n) is 3.21. The molecule has 0 radical (unpaired) electrons. The minimum atomic E-state index is -4.58. The van der Waals surface area contributed by atoms with Crippen molar-refractivity contribution in [3.05, 3.63) is 63.7 Å². The zero-order valence-electron chi connectivity index (χ0n) is 12.5. The fourth-order valence-corrected chi connectivity index (χ4v) is 2.13. The van der Waals surface area contributed by atoms with E-state index < -0.39 is 28.3 Å². The van der Waals surface area contributed by atoms with E-state index in [1.807, 2.05) is 0 Å². The van der Waals surface area contributed by atoms with E-state index in [0.717, 1.165) is 30.3 Å². The topological polar surface area (TPSA) is 69.4 Å². The molecule has 0 aliphatic heterocycles. The fourth-order valence-electron chi connectivity index (χ4n) is 2.13. The monoisotopic (exact) mass is 339 g/mol. The summed E-state index contributed by atoms with van der Waals surface area (Å²) >= 11 is 0. The van der Waals surface area contributed by atoms with Crippen LogP contribution in [0.5, 0.6) is 0 Å². The number of carbonyl (C=O) groups is 1. The summed E-state index contributed by atoms with van der Waals surface area (Å²) in [6.07, 6.45) is -4.58. The van der Waals surface area contributed by atoms with E-state index in [4.69, 9.17) is 4.74 Å². The quantitative estimate of drug-likeness (QED) is 0.468. The summed E-state index contributed by atoms with van der Waals surface area (Å²) in [4.78, 5) is 22.2. The molecular weight excluding hydrogens is 327 g/mol. The largest absolute Gasteiger partial charge is 0.462 e. The van der Waals surface area contributed by atoms with Crippen molar-refractivity contribution in [2.45, 2.75) is 13.1 Å². The molecule has 0 aliphatic carbocycles. The number of alkyl halides is 3. The molecule has 0 amide bonds. The second-order valence-corrected chi connectivity index (χ2v) is 4.79. The van der Waals surface area contributed by atoms with E-state index >= 15 is 0 Å². The van der Waals surface area contributed by atoms with Crippen molar-refractivity contribution in [2.75, 3.05) is 6.61 Å². The van der Waals surface area contributed by atoms with Crippen molar-refractivity contribution in [1.82, 2.24) is 0 Å². The Balaban J connectivity index is 2.60. The van der Waals surface area contributed by atoms with Crippen molar-refractivity contribution < 1.29 is 27.6 Å². The summed E-state index contributed by atoms with van der Waals surface area (Å²) < 4.78 is 43.3. The van der Waals surface area contributed by atoms with Gasteiger partial charge in [0.2, 0.25) is 0 Å². The van der Waals surface area contributed by atoms with Crippen LogP contribution in [0.4, 0.5) is 18.9 Å². The van der Waals surface area contributed by atoms with E-state index in [1.165, 1.54) is 12.1 Å². The molecule has 0 bridgehead atoms. The SMILES string of the molecule is CCOC(=O)c1ccc([N+](=O)[O-])c(-c2cccc(C(F)(F)F)c2)c1. The smallest absolute Gasteiger partial charge is 0.416 e. The van der Waals surface area contributed by atoms with E-state index in [-0.39, 0.29) is 23.3 Å². The van der Waals surface area contributed by atoms with Crippen LogP contribution in [0.25, 0.3) is 11.1 Å². The lowest BCUT2D eigenvalue weighted by molar-refractivity contribution is -0.384. The molecule has 0 saturated carbocycles. The van der Waals surface area contributed by atoms with Crippen LogP contribution in [-0.2, 0) is 10.9 Å². The van der Waals surface area contributed by atoms with Gasteiger partial charge in [0.25, 0.3) is 5.69 Å². The molecule has 2 aromatic carbocycles. The van der Waals surface area contributed by atoms with Gasteiger partial charge in [0.15, 0.2) is 0 Å². The Morgan fingerprint density at radius 2 is 1.92 bits per heavy atom. The molecule has 0 N–H and O–H groups in total. The molecule has 0 spiro atoms. The molecule has 0 aliphatic rings. The van der Waals surface area contributed by atoms with Gasteiger partial charge in [0, 0.05) is 6.07 Å². The predicted octanol–water partition coefficient (Wildman–Crippen LogP) is 4.46. The highest BCUT2D eigenvalue weighted by Crippen LogP contribution is 2.35. The summed E-state index contributed by atoms with van der Waals surface area (Å²) in [5.74, 6) is -0.708. The first-order chi connectivity index (χ1) is 11.2. The second kappa shape index (κ2) is 6.69. The van der Waals surface area contributed by atoms with Crippen LogP contribution in [0.2, 0.25) is 0 Å². The molecule has 8 heteroatoms. The van der Waals surface area contributed by atoms with Gasteiger partial charge >= 0.3 is 12.1 Å². The molecule has 0 saturated heterocycles. The number of hydrogen-bond acceptors (Lipinski definition) is 4. The van der Waals surface area contributed by atoms with Crippen LogP contribution in [-0.4, -0.2) is 17.5 Å². The van der Waals surface area contributed by atoms with Gasteiger partial charge in [-0.1, -0.05) is 12.1 Å². The molecule has 126 valence electrons. The Labute approximate surface area is 134 Å². The van der Waals surface area contributed by atoms with Crippen LogP contribution < -0.4 is 0 Å². The van der Waals surface area contributed by atoms with Gasteiger partial charge in [-0.3, -0.25) is 10.1 Å². The highest BCUT2D eigenvalue weighted by Gasteiger charge is 2.31. The van der Waals surface area contributed by atoms with E-state index in [1.54, 1.807) is 6.92 Å². The summed E-state index contributed by atoms with van der Waals surface area (Å²) in [5, 5.41) is 11.2. The average molecular weight is 339 g/mol. The van der Waals surface area contributed by atoms with Crippen LogP contribution >= 0.6 is 0 Å². The second-order valence-electron chi connectivity index (χ2n) is 4.79. The number of nitrogens with zero attached hydrogens (tertiary/aromatic N) is 1. The van der Waals surface area contributed by atoms with Crippen LogP contribution in [0, 0.1) is 10.1 Å². The Hall–Kier alpha value is -2.90. The average Bonchev–Trinajstić information content (AvgIpc) is 2.53. The molecule has 0 unspecified atom stereocenters. The van der Waals surface area contributed by atoms with E-state index in [0.29, 0.717) is 0 Å². The summed E-state index contributed by atoms with van der Waals surface area (Å²) in [5.41, 5.74) is -1.41. The van der Waals surface area contributed by atoms with Crippen molar-refractivity contribution >= 4 is 11.7 Å². The minimum absolute atomic E-state index is 0.0114. The van der Waals surface area contributed by atoms with Crippen LogP contribution in [0.3, 0.4) is 0 Å². The fraction of sp³-hybridized carbons (Fsp3) is 0.188. The van der Waals surface area contributed by atoms with E-state index in [2.05, 4.69) is 0 Å². The Morgan fingerprint density at radius 3 is 2.50 bits per heavy atom. The van der Waals surface area contributed by atoms with Gasteiger partial charge in [-0.2, -0.15) is 13.2 Å². The molecule has 5 nitrogen and oxygen atoms in total. The maximum atomic E-state index is 12.8. The molecule has 0 aromatic heterocycles. The zero-order valence-corrected chi connectivity index (χ0v) is 12.5. The minimum Gasteiger partial charge on any atom is -0.462 e. The number of nitro groups is 1. The number of ether oxygens (including phenoxy) is 1. The van der Waals surface area contributed by atoms with Crippen LogP contribution in [0.15, 0.2) is 42.5 Å². The van der Waals surface area contributed by atoms with Gasteiger partial charge in [-0.15, -0.1) is 0 Å². The molecule has 24 heavy (non-hydrogen) atoms. The number of rotatable bonds is 4. The highest BCUT2D eigenvalue weighted by molar-refractivity contribution is 5.92. The lowest BCUT2D eigenvalue weighted by Crippen LogP contribution is -2.06. The van der Waals surface area contributed by atoms with Crippen molar-refractivity contribution in [2.24, 2.45) is 0 Å². The van der Waals surface area contributed by atoms with Gasteiger partial charge in [0.1, 0.15) is 0 Å². The lowest BCUT2D eigenvalue weighted by atomic mass is 9.99. The molecule has 0 atom stereocenters. The third-order valence-corrected chi connectivity index (χ3v) is 3.21. The maximum absolute atomic E-state index is 12.8. The lowest BCUT2D eigenvalue weighted by Gasteiger charge is -2.10. The first-order valence-corrected chi connectivity index (χ1v) is 6.87. The normalized spacial score (nSPS) is 11.2. The molecule has 0 heterocycles. The zero-order chi connectivity index (χ0) is 17.9. The predicted molar refractivity (Wildman–Crippen MR) is 79.5 cm³/mol. The van der Waals surface area contributed by atoms with Gasteiger partial charge in [0.05, 0.1) is 28.2 Å². The van der Waals surface area contributed by atoms with Gasteiger partial charge < -0.3 is 4.74 Å². The number of hydrogen-bond donors (Lipinski definition) is 0. The molecule has 0 fully saturated rings. The number of benzene rings is 2. The first kappa shape index (κ1) is 17.5. The Morgan fingerprint density at radius 1 is 1.21 bits per heavy atom. The maximum Gasteiger partial charge on any atom is 0.416 e. The third kappa shape index (κ3) is 3.70. The van der Waals surface area contributed by atoms with Crippen molar-refractivity contribution in [3.8, 4) is 11.1 Å². The molecule has 2 aromatic rings. The standard InChI is InChI=1S/C16H12F3NO4/c1-2-24-15(21)11-6-7-14(20(22)23)13(9-11)10-4-3-5-12(8-10)16(17,18)19/h3-9H,2H2,1H3. The number of carbonyl (C=O) groups excluding carboxylic acids is 1. The first-order valence-electron chi connectivity index (χ1n) is 6.87. The van der Waals surface area contributed by atoms with E-state index in [9.17, 15) is 28.1 Å². The summed E-state index contributed by atoms with van der Waals surface area (Å²) in [6.45, 7) is 1.70. The van der Waals surface area contributed by atoms with Gasteiger partial charge in [-0.05, 0) is 36.8 Å². The van der Waals surface area contributed by atoms with Crippen LogP contribution in [0.1, 0.15) is 22.8 Å². The van der Waals surface area contributed by atoms with Crippen molar-refractivity contribution in [1.29, 1.82) is 0 Å². The number of esters is 1. The molecule has 2 rings (SSSR count). The summed E-state index contributed by atoms with van der Waals surface area (Å²) in [7, 11) is 0. The number of halogens is 3. The Bertz CT molecular complexity index is 787. The Kier molecular flexibility index (Phi) is 4.87. The van der Waals surface area contributed by atoms with Crippen molar-refractivity contribution in [3.63, 3.8) is 0 Å². The molecular formula is C16H12F3NO4. The number of nitro benzene ring substituents is 1. The summed E-state index contributed by atoms with van der Waals surface area (Å²) in [6, 6.07) is 7.56. The highest BCUT2D eigenvalue weighted by atomic mass is 19.4. The van der Waals surface area contributed by atoms with Gasteiger partial charge in [-0.25, -0.2) is 4.79 Å².